The largest absolute Gasteiger partial charge is 0.493 e. The van der Waals surface area contributed by atoms with E-state index in [0.29, 0.717) is 69.1 Å². The Morgan fingerprint density at radius 1 is 0.766 bits per heavy atom. The minimum Gasteiger partial charge on any atom is -0.493 e. The van der Waals surface area contributed by atoms with Crippen LogP contribution in [0.5, 0.6) is 34.5 Å². The Morgan fingerprint density at radius 2 is 1.36 bits per heavy atom. The van der Waals surface area contributed by atoms with Gasteiger partial charge < -0.3 is 38.2 Å². The number of hydrogen-bond donors (Lipinski definition) is 1. The number of carbonyl (C=O) groups is 2. The van der Waals surface area contributed by atoms with Crippen molar-refractivity contribution in [3.63, 3.8) is 0 Å². The van der Waals surface area contributed by atoms with E-state index in [9.17, 15) is 4.79 Å². The smallest absolute Gasteiger partial charge is 0.259 e. The molecule has 6 rings (SSSR count). The maximum atomic E-state index is 15.0. The number of rotatable bonds is 9. The van der Waals surface area contributed by atoms with Crippen molar-refractivity contribution >= 4 is 23.1 Å². The van der Waals surface area contributed by atoms with Crippen molar-refractivity contribution in [2.24, 2.45) is 0 Å². The van der Waals surface area contributed by atoms with Crippen LogP contribution in [-0.4, -0.2) is 54.3 Å². The number of amides is 1. The molecule has 47 heavy (non-hydrogen) atoms. The Labute approximate surface area is 272 Å². The van der Waals surface area contributed by atoms with E-state index in [1.807, 2.05) is 36.4 Å². The van der Waals surface area contributed by atoms with Crippen LogP contribution in [0, 0.1) is 0 Å². The summed E-state index contributed by atoms with van der Waals surface area (Å²) >= 11 is 0. The summed E-state index contributed by atoms with van der Waals surface area (Å²) in [5.74, 6) is 2.12. The highest BCUT2D eigenvalue weighted by molar-refractivity contribution is 6.12. The number of Topliss-reactive ketones (excluding diaryl/α,β-unsaturated/α-hetero) is 1. The van der Waals surface area contributed by atoms with Gasteiger partial charge in [-0.1, -0.05) is 12.1 Å². The summed E-state index contributed by atoms with van der Waals surface area (Å²) in [6.45, 7) is 0. The van der Waals surface area contributed by atoms with E-state index in [-0.39, 0.29) is 23.7 Å². The minimum atomic E-state index is -0.911. The van der Waals surface area contributed by atoms with Gasteiger partial charge >= 0.3 is 0 Å². The highest BCUT2D eigenvalue weighted by Crippen LogP contribution is 2.51. The van der Waals surface area contributed by atoms with Gasteiger partial charge in [0.15, 0.2) is 28.8 Å². The lowest BCUT2D eigenvalue weighted by atomic mass is 9.79. The number of carbonyl (C=O) groups excluding carboxylic acids is 2. The summed E-state index contributed by atoms with van der Waals surface area (Å²) in [6, 6.07) is 17.0. The molecule has 0 unspecified atom stereocenters. The van der Waals surface area contributed by atoms with Gasteiger partial charge in [-0.05, 0) is 60.5 Å². The van der Waals surface area contributed by atoms with Crippen molar-refractivity contribution in [1.82, 2.24) is 0 Å². The molecule has 1 aromatic heterocycles. The summed E-state index contributed by atoms with van der Waals surface area (Å²) < 4.78 is 39.5. The molecule has 2 atom stereocenters. The van der Waals surface area contributed by atoms with Crippen molar-refractivity contribution in [2.45, 2.75) is 24.8 Å². The third-order valence-electron chi connectivity index (χ3n) is 8.57. The number of allylic oxidation sites excluding steroid dienone is 1. The van der Waals surface area contributed by atoms with Gasteiger partial charge in [0, 0.05) is 29.2 Å². The van der Waals surface area contributed by atoms with E-state index in [2.05, 4.69) is 5.32 Å². The zero-order valence-electron chi connectivity index (χ0n) is 27.0. The maximum absolute atomic E-state index is 15.0. The van der Waals surface area contributed by atoms with Crippen LogP contribution in [0.2, 0.25) is 0 Å². The number of hydrogen-bond acceptors (Lipinski definition) is 10. The monoisotopic (exact) mass is 640 g/mol. The first-order valence-corrected chi connectivity index (χ1v) is 15.0. The second-order valence-corrected chi connectivity index (χ2v) is 11.0. The van der Waals surface area contributed by atoms with Crippen molar-refractivity contribution in [2.75, 3.05) is 52.9 Å². The number of ketones is 1. The molecule has 244 valence electrons. The lowest BCUT2D eigenvalue weighted by molar-refractivity contribution is -0.116. The van der Waals surface area contributed by atoms with Crippen LogP contribution in [0.3, 0.4) is 0 Å². The molecule has 0 radical (unpaired) electrons. The second kappa shape index (κ2) is 13.0. The van der Waals surface area contributed by atoms with E-state index in [0.717, 1.165) is 5.76 Å². The number of nitrogens with one attached hydrogen (secondary N) is 1. The molecule has 0 saturated heterocycles. The molecule has 0 saturated carbocycles. The molecule has 1 N–H and O–H groups in total. The summed E-state index contributed by atoms with van der Waals surface area (Å²) in [5, 5.41) is 3.53. The van der Waals surface area contributed by atoms with Gasteiger partial charge in [0.05, 0.1) is 66.3 Å². The van der Waals surface area contributed by atoms with E-state index in [4.69, 9.17) is 32.8 Å². The van der Waals surface area contributed by atoms with Gasteiger partial charge in [-0.3, -0.25) is 14.5 Å². The van der Waals surface area contributed by atoms with Crippen LogP contribution < -0.4 is 38.6 Å². The Balaban J connectivity index is 1.64. The lowest BCUT2D eigenvalue weighted by Gasteiger charge is -2.35. The van der Waals surface area contributed by atoms with Crippen molar-refractivity contribution in [3.05, 3.63) is 95.1 Å². The molecule has 3 aromatic carbocycles. The normalized spacial score (nSPS) is 17.1. The summed E-state index contributed by atoms with van der Waals surface area (Å²) in [7, 11) is 9.04. The van der Waals surface area contributed by atoms with Crippen LogP contribution in [0.4, 0.5) is 11.4 Å². The van der Waals surface area contributed by atoms with E-state index >= 15 is 4.79 Å². The topological polar surface area (TPSA) is 118 Å². The first-order valence-electron chi connectivity index (χ1n) is 15.0. The number of anilines is 2. The number of furan rings is 1. The van der Waals surface area contributed by atoms with Gasteiger partial charge in [0.1, 0.15) is 5.76 Å². The number of ether oxygens (including phenoxy) is 6. The molecule has 2 heterocycles. The zero-order valence-corrected chi connectivity index (χ0v) is 27.0. The summed E-state index contributed by atoms with van der Waals surface area (Å²) in [4.78, 5) is 31.1. The maximum Gasteiger partial charge on any atom is 0.259 e. The summed E-state index contributed by atoms with van der Waals surface area (Å²) in [5.41, 5.74) is 3.18. The molecule has 2 aliphatic rings. The Morgan fingerprint density at radius 3 is 1.91 bits per heavy atom. The molecule has 1 aliphatic heterocycles. The highest BCUT2D eigenvalue weighted by atomic mass is 16.5. The quantitative estimate of drug-likeness (QED) is 0.216. The van der Waals surface area contributed by atoms with Gasteiger partial charge in [-0.25, -0.2) is 0 Å². The number of para-hydroxylation sites is 2. The van der Waals surface area contributed by atoms with Crippen LogP contribution >= 0.6 is 0 Å². The predicted octanol–water partition coefficient (Wildman–Crippen LogP) is 6.55. The molecular formula is C36H36N2O9. The van der Waals surface area contributed by atoms with E-state index in [1.54, 1.807) is 35.4 Å². The summed E-state index contributed by atoms with van der Waals surface area (Å²) in [6.07, 6.45) is 2.28. The molecule has 0 bridgehead atoms. The first-order chi connectivity index (χ1) is 22.9. The van der Waals surface area contributed by atoms with E-state index < -0.39 is 11.9 Å². The Bertz CT molecular complexity index is 1800. The molecule has 11 nitrogen and oxygen atoms in total. The third kappa shape index (κ3) is 5.47. The molecule has 4 aromatic rings. The van der Waals surface area contributed by atoms with Gasteiger partial charge in [-0.2, -0.15) is 0 Å². The highest BCUT2D eigenvalue weighted by Gasteiger charge is 2.43. The van der Waals surface area contributed by atoms with Crippen LogP contribution in [0.15, 0.2) is 82.6 Å². The molecule has 0 spiro atoms. The Hall–Kier alpha value is -5.58. The average molecular weight is 641 g/mol. The zero-order chi connectivity index (χ0) is 33.2. The van der Waals surface area contributed by atoms with Gasteiger partial charge in [0.25, 0.3) is 5.91 Å². The van der Waals surface area contributed by atoms with Gasteiger partial charge in [0.2, 0.25) is 11.5 Å². The standard InChI is InChI=1S/C36H36N2O9/c1-41-28-16-21(17-29(42-2)34(28)45-5)33-32-24(14-20(15-26(32)39)27-12-9-13-47-27)37-23-10-7-8-11-25(23)38(33)36(40)22-18-30(43-3)35(46-6)31(19-22)44-4/h7-13,16-20,33,37H,14-15H2,1-6H3/t20-,33+/m0/s1. The first kappa shape index (κ1) is 31.4. The van der Waals surface area contributed by atoms with Crippen LogP contribution in [-0.2, 0) is 4.79 Å². The molecule has 1 amide bonds. The predicted molar refractivity (Wildman–Crippen MR) is 175 cm³/mol. The second-order valence-electron chi connectivity index (χ2n) is 11.0. The Kier molecular flexibility index (Phi) is 8.71. The van der Waals surface area contributed by atoms with Crippen molar-refractivity contribution in [3.8, 4) is 34.5 Å². The fourth-order valence-electron chi connectivity index (χ4n) is 6.46. The number of fused-ring (bicyclic) bond motifs is 1. The van der Waals surface area contributed by atoms with E-state index in [1.165, 1.54) is 42.7 Å². The number of methoxy groups -OCH3 is 6. The van der Waals surface area contributed by atoms with Crippen LogP contribution in [0.1, 0.15) is 46.5 Å². The average Bonchev–Trinajstić information content (AvgIpc) is 3.60. The minimum absolute atomic E-state index is 0.130. The fraction of sp³-hybridized carbons (Fsp3) is 0.278. The van der Waals surface area contributed by atoms with Gasteiger partial charge in [-0.15, -0.1) is 0 Å². The fourth-order valence-corrected chi connectivity index (χ4v) is 6.46. The number of benzene rings is 3. The lowest BCUT2D eigenvalue weighted by Crippen LogP contribution is -2.38. The number of nitrogens with zero attached hydrogens (tertiary/aromatic N) is 1. The molecule has 1 aliphatic carbocycles. The third-order valence-corrected chi connectivity index (χ3v) is 8.57. The molecular weight excluding hydrogens is 604 g/mol. The SMILES string of the molecule is COc1cc(C(=O)N2c3ccccc3NC3=C(C(=O)C[C@@H](c4ccco4)C3)[C@H]2c2cc(OC)c(OC)c(OC)c2)cc(OC)c1OC. The molecule has 0 fully saturated rings. The van der Waals surface area contributed by atoms with Crippen molar-refractivity contribution < 1.29 is 42.4 Å². The van der Waals surface area contributed by atoms with Crippen molar-refractivity contribution in [1.29, 1.82) is 0 Å². The molecule has 11 heteroatoms. The van der Waals surface area contributed by atoms with Crippen LogP contribution in [0.25, 0.3) is 0 Å².